The summed E-state index contributed by atoms with van der Waals surface area (Å²) in [5.41, 5.74) is 0. The van der Waals surface area contributed by atoms with E-state index < -0.39 is 6.09 Å². The van der Waals surface area contributed by atoms with E-state index in [9.17, 15) is 9.59 Å². The zero-order chi connectivity index (χ0) is 10.6. The van der Waals surface area contributed by atoms with E-state index >= 15 is 0 Å². The van der Waals surface area contributed by atoms with Gasteiger partial charge in [-0.25, -0.2) is 4.79 Å². The number of carboxylic acid groups (broad SMARTS) is 1. The van der Waals surface area contributed by atoms with Crippen LogP contribution in [-0.4, -0.2) is 47.0 Å². The minimum absolute atomic E-state index is 0.0835. The van der Waals surface area contributed by atoms with Crippen molar-refractivity contribution in [2.75, 3.05) is 19.0 Å². The van der Waals surface area contributed by atoms with E-state index in [0.717, 1.165) is 12.8 Å². The summed E-state index contributed by atoms with van der Waals surface area (Å²) in [7, 11) is 0. The van der Waals surface area contributed by atoms with Gasteiger partial charge in [0.05, 0.1) is 6.04 Å². The molecule has 1 rings (SSSR count). The summed E-state index contributed by atoms with van der Waals surface area (Å²) in [5, 5.41) is 11.4. The quantitative estimate of drug-likeness (QED) is 0.680. The zero-order valence-electron chi connectivity index (χ0n) is 7.70. The molecule has 5 nitrogen and oxygen atoms in total. The third kappa shape index (κ3) is 2.77. The van der Waals surface area contributed by atoms with E-state index in [1.54, 1.807) is 0 Å². The minimum atomic E-state index is -0.923. The Hall–Kier alpha value is -0.970. The van der Waals surface area contributed by atoms with Gasteiger partial charge in [0, 0.05) is 13.1 Å². The highest BCUT2D eigenvalue weighted by Crippen LogP contribution is 2.16. The highest BCUT2D eigenvalue weighted by atomic mass is 35.5. The van der Waals surface area contributed by atoms with Gasteiger partial charge in [-0.15, -0.1) is 11.6 Å². The van der Waals surface area contributed by atoms with E-state index in [4.69, 9.17) is 16.7 Å². The predicted octanol–water partition coefficient (Wildman–Crippen LogP) is 0.484. The fourth-order valence-electron chi connectivity index (χ4n) is 1.58. The second-order valence-corrected chi connectivity index (χ2v) is 3.48. The average molecular weight is 221 g/mol. The molecule has 80 valence electrons. The summed E-state index contributed by atoms with van der Waals surface area (Å²) >= 11 is 5.29. The molecule has 1 saturated heterocycles. The van der Waals surface area contributed by atoms with Crippen LogP contribution in [0, 0.1) is 0 Å². The Labute approximate surface area is 87.0 Å². The van der Waals surface area contributed by atoms with Crippen LogP contribution in [0.15, 0.2) is 0 Å². The molecule has 0 aromatic carbocycles. The van der Waals surface area contributed by atoms with Gasteiger partial charge in [0.25, 0.3) is 0 Å². The molecule has 0 aliphatic carbocycles. The Morgan fingerprint density at radius 1 is 1.57 bits per heavy atom. The van der Waals surface area contributed by atoms with E-state index in [1.165, 1.54) is 4.90 Å². The Morgan fingerprint density at radius 3 is 2.86 bits per heavy atom. The number of likely N-dealkylation sites (tertiary alicyclic amines) is 1. The number of alkyl halides is 1. The van der Waals surface area contributed by atoms with Crippen LogP contribution in [0.5, 0.6) is 0 Å². The summed E-state index contributed by atoms with van der Waals surface area (Å²) in [6.45, 7) is 0.911. The zero-order valence-corrected chi connectivity index (χ0v) is 8.46. The molecule has 1 atom stereocenters. The maximum Gasteiger partial charge on any atom is 0.407 e. The summed E-state index contributed by atoms with van der Waals surface area (Å²) in [6.07, 6.45) is 0.732. The van der Waals surface area contributed by atoms with Crippen LogP contribution in [0.1, 0.15) is 12.8 Å². The maximum absolute atomic E-state index is 10.8. The van der Waals surface area contributed by atoms with Crippen LogP contribution in [0.25, 0.3) is 0 Å². The van der Waals surface area contributed by atoms with Gasteiger partial charge in [0.2, 0.25) is 5.91 Å². The Balaban J connectivity index is 2.36. The van der Waals surface area contributed by atoms with Crippen LogP contribution in [0.2, 0.25) is 0 Å². The first-order valence-electron chi connectivity index (χ1n) is 4.47. The fraction of sp³-hybridized carbons (Fsp3) is 0.750. The van der Waals surface area contributed by atoms with Crippen molar-refractivity contribution in [3.05, 3.63) is 0 Å². The van der Waals surface area contributed by atoms with E-state index in [1.807, 2.05) is 0 Å². The number of amides is 2. The molecule has 1 aliphatic heterocycles. The monoisotopic (exact) mass is 220 g/mol. The molecule has 0 bridgehead atoms. The molecular weight excluding hydrogens is 208 g/mol. The summed E-state index contributed by atoms with van der Waals surface area (Å²) in [4.78, 5) is 22.9. The van der Waals surface area contributed by atoms with Crippen molar-refractivity contribution in [3.8, 4) is 0 Å². The van der Waals surface area contributed by atoms with Gasteiger partial charge in [0.15, 0.2) is 0 Å². The number of halogens is 1. The van der Waals surface area contributed by atoms with Gasteiger partial charge >= 0.3 is 6.09 Å². The molecule has 0 aromatic rings. The van der Waals surface area contributed by atoms with Gasteiger partial charge < -0.3 is 15.3 Å². The number of rotatable bonds is 3. The van der Waals surface area contributed by atoms with Crippen molar-refractivity contribution < 1.29 is 14.7 Å². The SMILES string of the molecule is O=C(CCl)NCC1CCCN1C(=O)O. The number of nitrogens with zero attached hydrogens (tertiary/aromatic N) is 1. The van der Waals surface area contributed by atoms with Crippen molar-refractivity contribution in [1.82, 2.24) is 10.2 Å². The lowest BCUT2D eigenvalue weighted by atomic mass is 10.2. The summed E-state index contributed by atoms with van der Waals surface area (Å²) < 4.78 is 0. The molecule has 0 radical (unpaired) electrons. The van der Waals surface area contributed by atoms with Crippen molar-refractivity contribution in [1.29, 1.82) is 0 Å². The molecule has 2 N–H and O–H groups in total. The minimum Gasteiger partial charge on any atom is -0.465 e. The van der Waals surface area contributed by atoms with Crippen molar-refractivity contribution >= 4 is 23.6 Å². The molecule has 1 unspecified atom stereocenters. The predicted molar refractivity (Wildman–Crippen MR) is 51.5 cm³/mol. The van der Waals surface area contributed by atoms with Crippen molar-refractivity contribution in [2.45, 2.75) is 18.9 Å². The lowest BCUT2D eigenvalue weighted by molar-refractivity contribution is -0.118. The second kappa shape index (κ2) is 5.05. The lowest BCUT2D eigenvalue weighted by Gasteiger charge is -2.21. The molecule has 0 spiro atoms. The van der Waals surface area contributed by atoms with E-state index in [2.05, 4.69) is 5.32 Å². The highest BCUT2D eigenvalue weighted by Gasteiger charge is 2.28. The van der Waals surface area contributed by atoms with Crippen LogP contribution in [0.4, 0.5) is 4.79 Å². The molecule has 14 heavy (non-hydrogen) atoms. The fourth-order valence-corrected chi connectivity index (χ4v) is 1.67. The van der Waals surface area contributed by atoms with Gasteiger partial charge in [-0.05, 0) is 12.8 Å². The number of hydrogen-bond donors (Lipinski definition) is 2. The van der Waals surface area contributed by atoms with Crippen LogP contribution < -0.4 is 5.32 Å². The molecule has 0 aromatic heterocycles. The van der Waals surface area contributed by atoms with Crippen LogP contribution in [-0.2, 0) is 4.79 Å². The maximum atomic E-state index is 10.8. The standard InChI is InChI=1S/C8H13ClN2O3/c9-4-7(12)10-5-6-2-1-3-11(6)8(13)14/h6H,1-5H2,(H,10,12)(H,13,14). The Kier molecular flexibility index (Phi) is 4.00. The molecular formula is C8H13ClN2O3. The van der Waals surface area contributed by atoms with Gasteiger partial charge in [-0.1, -0.05) is 0 Å². The molecule has 2 amide bonds. The second-order valence-electron chi connectivity index (χ2n) is 3.21. The third-order valence-electron chi connectivity index (χ3n) is 2.28. The summed E-state index contributed by atoms with van der Waals surface area (Å²) in [5.74, 6) is -0.344. The molecule has 0 saturated carbocycles. The van der Waals surface area contributed by atoms with Gasteiger partial charge in [-0.3, -0.25) is 4.79 Å². The van der Waals surface area contributed by atoms with E-state index in [-0.39, 0.29) is 17.8 Å². The largest absolute Gasteiger partial charge is 0.465 e. The van der Waals surface area contributed by atoms with Crippen LogP contribution >= 0.6 is 11.6 Å². The van der Waals surface area contributed by atoms with E-state index in [0.29, 0.717) is 13.1 Å². The lowest BCUT2D eigenvalue weighted by Crippen LogP contribution is -2.42. The number of hydrogen-bond acceptors (Lipinski definition) is 2. The Bertz CT molecular complexity index is 235. The van der Waals surface area contributed by atoms with Crippen molar-refractivity contribution in [3.63, 3.8) is 0 Å². The first-order chi connectivity index (χ1) is 6.65. The van der Waals surface area contributed by atoms with Gasteiger partial charge in [-0.2, -0.15) is 0 Å². The number of carbonyl (C=O) groups is 2. The molecule has 1 fully saturated rings. The topological polar surface area (TPSA) is 69.6 Å². The number of nitrogens with one attached hydrogen (secondary N) is 1. The first kappa shape index (κ1) is 11.1. The first-order valence-corrected chi connectivity index (χ1v) is 5.01. The van der Waals surface area contributed by atoms with Crippen molar-refractivity contribution in [2.24, 2.45) is 0 Å². The Morgan fingerprint density at radius 2 is 2.29 bits per heavy atom. The van der Waals surface area contributed by atoms with Crippen LogP contribution in [0.3, 0.4) is 0 Å². The highest BCUT2D eigenvalue weighted by molar-refractivity contribution is 6.27. The number of carbonyl (C=O) groups excluding carboxylic acids is 1. The third-order valence-corrected chi connectivity index (χ3v) is 2.52. The summed E-state index contributed by atoms with van der Waals surface area (Å²) in [6, 6.07) is -0.0975. The van der Waals surface area contributed by atoms with Gasteiger partial charge in [0.1, 0.15) is 5.88 Å². The molecule has 1 heterocycles. The average Bonchev–Trinajstić information content (AvgIpc) is 2.62. The molecule has 6 heteroatoms. The smallest absolute Gasteiger partial charge is 0.407 e. The normalized spacial score (nSPS) is 20.9. The molecule has 1 aliphatic rings.